The van der Waals surface area contributed by atoms with Crippen LogP contribution in [0.2, 0.25) is 0 Å². The smallest absolute Gasteiger partial charge is 0.242 e. The molecule has 0 aliphatic carbocycles. The van der Waals surface area contributed by atoms with Crippen LogP contribution in [0.3, 0.4) is 0 Å². The van der Waals surface area contributed by atoms with E-state index in [4.69, 9.17) is 10.5 Å². The van der Waals surface area contributed by atoms with E-state index in [0.717, 1.165) is 0 Å². The quantitative estimate of drug-likeness (QED) is 0.736. The van der Waals surface area contributed by atoms with Crippen LogP contribution in [0.15, 0.2) is 17.2 Å². The summed E-state index contributed by atoms with van der Waals surface area (Å²) in [6.07, 6.45) is 2.97. The van der Waals surface area contributed by atoms with Gasteiger partial charge in [-0.1, -0.05) is 0 Å². The zero-order chi connectivity index (χ0) is 13.2. The summed E-state index contributed by atoms with van der Waals surface area (Å²) in [7, 11) is -3.46. The average Bonchev–Trinajstić information content (AvgIpc) is 2.77. The molecule has 0 aromatic carbocycles. The maximum absolute atomic E-state index is 12.1. The molecular formula is C11H19N3O3S. The molecule has 1 aliphatic rings. The fraction of sp³-hybridized carbons (Fsp3) is 0.636. The van der Waals surface area contributed by atoms with Crippen molar-refractivity contribution in [3.8, 4) is 0 Å². The van der Waals surface area contributed by atoms with Gasteiger partial charge in [0.2, 0.25) is 10.0 Å². The predicted octanol–water partition coefficient (Wildman–Crippen LogP) is 0.319. The zero-order valence-corrected chi connectivity index (χ0v) is 11.2. The van der Waals surface area contributed by atoms with Crippen molar-refractivity contribution in [2.45, 2.75) is 43.4 Å². The maximum Gasteiger partial charge on any atom is 0.242 e. The van der Waals surface area contributed by atoms with E-state index in [2.05, 4.69) is 9.71 Å². The second-order valence-electron chi connectivity index (χ2n) is 4.59. The predicted molar refractivity (Wildman–Crippen MR) is 67.4 cm³/mol. The second-order valence-corrected chi connectivity index (χ2v) is 6.30. The van der Waals surface area contributed by atoms with Gasteiger partial charge in [-0.05, 0) is 25.8 Å². The Kier molecular flexibility index (Phi) is 4.06. The summed E-state index contributed by atoms with van der Waals surface area (Å²) < 4.78 is 32.4. The first kappa shape index (κ1) is 13.5. The summed E-state index contributed by atoms with van der Waals surface area (Å²) in [6.45, 7) is 2.84. The van der Waals surface area contributed by atoms with Crippen molar-refractivity contribution in [1.82, 2.24) is 9.71 Å². The summed E-state index contributed by atoms with van der Waals surface area (Å²) in [4.78, 5) is 3.08. The highest BCUT2D eigenvalue weighted by atomic mass is 32.2. The Labute approximate surface area is 107 Å². The fourth-order valence-corrected chi connectivity index (χ4v) is 3.38. The Hall–Kier alpha value is -0.890. The number of ether oxygens (including phenoxy) is 1. The highest BCUT2D eigenvalue weighted by molar-refractivity contribution is 7.89. The zero-order valence-electron chi connectivity index (χ0n) is 10.3. The second kappa shape index (κ2) is 5.40. The van der Waals surface area contributed by atoms with Crippen LogP contribution in [0.4, 0.5) is 0 Å². The van der Waals surface area contributed by atoms with Gasteiger partial charge < -0.3 is 15.5 Å². The first-order chi connectivity index (χ1) is 8.51. The molecule has 2 unspecified atom stereocenters. The van der Waals surface area contributed by atoms with Gasteiger partial charge in [-0.3, -0.25) is 0 Å². The number of nitrogens with two attached hydrogens (primary N) is 1. The largest absolute Gasteiger partial charge is 0.378 e. The molecule has 1 aromatic heterocycles. The minimum atomic E-state index is -3.46. The van der Waals surface area contributed by atoms with Gasteiger partial charge in [-0.2, -0.15) is 0 Å². The molecular weight excluding hydrogens is 254 g/mol. The Morgan fingerprint density at radius 2 is 2.39 bits per heavy atom. The number of rotatable bonds is 4. The van der Waals surface area contributed by atoms with Gasteiger partial charge in [0.05, 0.1) is 11.0 Å². The summed E-state index contributed by atoms with van der Waals surface area (Å²) in [5, 5.41) is 0. The highest BCUT2D eigenvalue weighted by Gasteiger charge is 2.25. The van der Waals surface area contributed by atoms with Crippen molar-refractivity contribution in [3.63, 3.8) is 0 Å². The molecule has 1 fully saturated rings. The highest BCUT2D eigenvalue weighted by Crippen LogP contribution is 2.17. The molecule has 7 heteroatoms. The third kappa shape index (κ3) is 3.11. The molecule has 0 bridgehead atoms. The molecule has 0 spiro atoms. The van der Waals surface area contributed by atoms with E-state index in [0.29, 0.717) is 31.7 Å². The van der Waals surface area contributed by atoms with Crippen molar-refractivity contribution >= 4 is 10.0 Å². The number of aromatic nitrogens is 1. The van der Waals surface area contributed by atoms with Gasteiger partial charge in [-0.25, -0.2) is 13.1 Å². The summed E-state index contributed by atoms with van der Waals surface area (Å²) in [5.41, 5.74) is 6.15. The summed E-state index contributed by atoms with van der Waals surface area (Å²) in [6, 6.07) is 1.50. The molecule has 0 saturated carbocycles. The van der Waals surface area contributed by atoms with E-state index in [1.54, 1.807) is 6.07 Å². The van der Waals surface area contributed by atoms with Gasteiger partial charge in [0, 0.05) is 31.1 Å². The average molecular weight is 273 g/mol. The van der Waals surface area contributed by atoms with Gasteiger partial charge >= 0.3 is 0 Å². The Balaban J connectivity index is 2.06. The maximum atomic E-state index is 12.1. The van der Waals surface area contributed by atoms with Crippen LogP contribution in [-0.4, -0.2) is 32.2 Å². The van der Waals surface area contributed by atoms with Crippen LogP contribution in [0, 0.1) is 0 Å². The molecule has 2 heterocycles. The lowest BCUT2D eigenvalue weighted by Crippen LogP contribution is -2.41. The Morgan fingerprint density at radius 1 is 1.61 bits per heavy atom. The lowest BCUT2D eigenvalue weighted by molar-refractivity contribution is 0.0173. The van der Waals surface area contributed by atoms with Gasteiger partial charge in [0.1, 0.15) is 0 Å². The molecule has 0 amide bonds. The molecule has 1 aromatic rings. The standard InChI is InChI=1S/C11H19N3O3S/c1-8-4-9(2-3-17-8)14-18(15,16)11-5-10(6-12)13-7-11/h5,7-9,13-14H,2-4,6,12H2,1H3. The number of H-pyrrole nitrogens is 1. The minimum absolute atomic E-state index is 0.0602. The van der Waals surface area contributed by atoms with Crippen LogP contribution < -0.4 is 10.5 Å². The number of hydrogen-bond donors (Lipinski definition) is 3. The monoisotopic (exact) mass is 273 g/mol. The third-order valence-electron chi connectivity index (χ3n) is 3.05. The lowest BCUT2D eigenvalue weighted by Gasteiger charge is -2.27. The van der Waals surface area contributed by atoms with E-state index in [1.165, 1.54) is 6.20 Å². The van der Waals surface area contributed by atoms with Gasteiger partial charge in [0.15, 0.2) is 0 Å². The van der Waals surface area contributed by atoms with Crippen LogP contribution in [0.5, 0.6) is 0 Å². The molecule has 6 nitrogen and oxygen atoms in total. The normalized spacial score (nSPS) is 25.2. The first-order valence-electron chi connectivity index (χ1n) is 6.02. The van der Waals surface area contributed by atoms with E-state index in [9.17, 15) is 8.42 Å². The molecule has 2 atom stereocenters. The van der Waals surface area contributed by atoms with E-state index in [-0.39, 0.29) is 17.0 Å². The van der Waals surface area contributed by atoms with Crippen LogP contribution >= 0.6 is 0 Å². The van der Waals surface area contributed by atoms with Crippen molar-refractivity contribution in [3.05, 3.63) is 18.0 Å². The summed E-state index contributed by atoms with van der Waals surface area (Å²) >= 11 is 0. The SMILES string of the molecule is CC1CC(NS(=O)(=O)c2c[nH]c(CN)c2)CCO1. The molecule has 2 rings (SSSR count). The molecule has 0 radical (unpaired) electrons. The number of hydrogen-bond acceptors (Lipinski definition) is 4. The van der Waals surface area contributed by atoms with Crippen LogP contribution in [-0.2, 0) is 21.3 Å². The van der Waals surface area contributed by atoms with Crippen LogP contribution in [0.25, 0.3) is 0 Å². The molecule has 1 saturated heterocycles. The van der Waals surface area contributed by atoms with Crippen LogP contribution in [0.1, 0.15) is 25.5 Å². The fourth-order valence-electron chi connectivity index (χ4n) is 2.08. The van der Waals surface area contributed by atoms with Crippen molar-refractivity contribution < 1.29 is 13.2 Å². The minimum Gasteiger partial charge on any atom is -0.378 e. The first-order valence-corrected chi connectivity index (χ1v) is 7.51. The van der Waals surface area contributed by atoms with Gasteiger partial charge in [0.25, 0.3) is 0 Å². The number of sulfonamides is 1. The number of aromatic amines is 1. The topological polar surface area (TPSA) is 97.2 Å². The lowest BCUT2D eigenvalue weighted by atomic mass is 10.1. The van der Waals surface area contributed by atoms with Crippen molar-refractivity contribution in [1.29, 1.82) is 0 Å². The van der Waals surface area contributed by atoms with E-state index >= 15 is 0 Å². The van der Waals surface area contributed by atoms with Crippen molar-refractivity contribution in [2.75, 3.05) is 6.61 Å². The molecule has 18 heavy (non-hydrogen) atoms. The third-order valence-corrected chi connectivity index (χ3v) is 4.55. The Bertz CT molecular complexity index is 497. The van der Waals surface area contributed by atoms with Gasteiger partial charge in [-0.15, -0.1) is 0 Å². The molecule has 102 valence electrons. The Morgan fingerprint density at radius 3 is 3.00 bits per heavy atom. The van der Waals surface area contributed by atoms with Crippen molar-refractivity contribution in [2.24, 2.45) is 5.73 Å². The van der Waals surface area contributed by atoms with E-state index < -0.39 is 10.0 Å². The molecule has 1 aliphatic heterocycles. The van der Waals surface area contributed by atoms with E-state index in [1.807, 2.05) is 6.92 Å². The molecule has 4 N–H and O–H groups in total. The summed E-state index contributed by atoms with van der Waals surface area (Å²) in [5.74, 6) is 0. The number of nitrogens with one attached hydrogen (secondary N) is 2.